The van der Waals surface area contributed by atoms with Crippen LogP contribution in [0.15, 0.2) is 0 Å². The summed E-state index contributed by atoms with van der Waals surface area (Å²) in [5, 5.41) is 3.30. The highest BCUT2D eigenvalue weighted by molar-refractivity contribution is 4.49. The summed E-state index contributed by atoms with van der Waals surface area (Å²) in [6.45, 7) is 9.58. The van der Waals surface area contributed by atoms with Gasteiger partial charge < -0.3 is 20.5 Å². The lowest BCUT2D eigenvalue weighted by Gasteiger charge is -2.08. The number of ether oxygens (including phenoxy) is 2. The van der Waals surface area contributed by atoms with Crippen molar-refractivity contribution < 1.29 is 9.47 Å². The van der Waals surface area contributed by atoms with Gasteiger partial charge in [0.2, 0.25) is 0 Å². The Hall–Kier alpha value is -0.160. The highest BCUT2D eigenvalue weighted by atomic mass is 16.5. The number of nitrogens with one attached hydrogen (secondary N) is 1. The molecule has 0 saturated carbocycles. The normalized spacial score (nSPS) is 11.1. The molecule has 0 atom stereocenters. The van der Waals surface area contributed by atoms with Crippen molar-refractivity contribution in [3.8, 4) is 0 Å². The molecule has 0 spiro atoms. The largest absolute Gasteiger partial charge is 0.378 e. The van der Waals surface area contributed by atoms with Crippen molar-refractivity contribution in [2.24, 2.45) is 11.7 Å². The molecular formula is C10H24N2O2. The predicted octanol–water partition coefficient (Wildman–Crippen LogP) is 0.224. The summed E-state index contributed by atoms with van der Waals surface area (Å²) in [6, 6.07) is 0. The molecule has 0 rings (SSSR count). The van der Waals surface area contributed by atoms with Gasteiger partial charge in [-0.2, -0.15) is 0 Å². The second kappa shape index (κ2) is 10.9. The van der Waals surface area contributed by atoms with Gasteiger partial charge in [-0.25, -0.2) is 0 Å². The summed E-state index contributed by atoms with van der Waals surface area (Å²) in [7, 11) is 0. The van der Waals surface area contributed by atoms with Crippen LogP contribution >= 0.6 is 0 Å². The molecule has 0 aromatic heterocycles. The van der Waals surface area contributed by atoms with E-state index in [2.05, 4.69) is 19.2 Å². The highest BCUT2D eigenvalue weighted by Gasteiger charge is 1.92. The maximum absolute atomic E-state index is 5.33. The third-order valence-corrected chi connectivity index (χ3v) is 1.61. The van der Waals surface area contributed by atoms with E-state index in [1.807, 2.05) is 0 Å². The lowest BCUT2D eigenvalue weighted by Crippen LogP contribution is -2.24. The Kier molecular flexibility index (Phi) is 10.8. The first-order chi connectivity index (χ1) is 6.77. The molecule has 4 heteroatoms. The molecule has 0 heterocycles. The zero-order valence-corrected chi connectivity index (χ0v) is 9.42. The maximum Gasteiger partial charge on any atom is 0.0701 e. The highest BCUT2D eigenvalue weighted by Crippen LogP contribution is 1.86. The average molecular weight is 204 g/mol. The van der Waals surface area contributed by atoms with Crippen LogP contribution in [0.2, 0.25) is 0 Å². The molecule has 0 saturated heterocycles. The van der Waals surface area contributed by atoms with Gasteiger partial charge in [-0.05, 0) is 12.5 Å². The summed E-state index contributed by atoms with van der Waals surface area (Å²) in [5.41, 5.74) is 5.26. The van der Waals surface area contributed by atoms with Gasteiger partial charge in [-0.3, -0.25) is 0 Å². The molecule has 0 amide bonds. The quantitative estimate of drug-likeness (QED) is 0.500. The Morgan fingerprint density at radius 1 is 1.07 bits per heavy atom. The van der Waals surface area contributed by atoms with Crippen LogP contribution in [0.1, 0.15) is 13.8 Å². The van der Waals surface area contributed by atoms with E-state index in [0.717, 1.165) is 19.7 Å². The Balaban J connectivity index is 2.85. The van der Waals surface area contributed by atoms with Crippen LogP contribution in [0.25, 0.3) is 0 Å². The molecule has 4 nitrogen and oxygen atoms in total. The van der Waals surface area contributed by atoms with Gasteiger partial charge in [0.1, 0.15) is 0 Å². The van der Waals surface area contributed by atoms with E-state index in [0.29, 0.717) is 32.3 Å². The number of nitrogens with two attached hydrogens (primary N) is 1. The van der Waals surface area contributed by atoms with E-state index in [1.165, 1.54) is 0 Å². The van der Waals surface area contributed by atoms with Crippen LogP contribution in [0.5, 0.6) is 0 Å². The van der Waals surface area contributed by atoms with Gasteiger partial charge in [-0.15, -0.1) is 0 Å². The number of rotatable bonds is 10. The fourth-order valence-electron chi connectivity index (χ4n) is 0.940. The third-order valence-electron chi connectivity index (χ3n) is 1.61. The molecule has 86 valence electrons. The van der Waals surface area contributed by atoms with Crippen molar-refractivity contribution in [2.45, 2.75) is 13.8 Å². The molecule has 0 unspecified atom stereocenters. The third kappa shape index (κ3) is 11.8. The van der Waals surface area contributed by atoms with Crippen molar-refractivity contribution in [3.63, 3.8) is 0 Å². The molecule has 0 aliphatic heterocycles. The molecule has 0 aliphatic rings. The van der Waals surface area contributed by atoms with Crippen molar-refractivity contribution in [3.05, 3.63) is 0 Å². The smallest absolute Gasteiger partial charge is 0.0701 e. The van der Waals surface area contributed by atoms with Crippen LogP contribution in [0.4, 0.5) is 0 Å². The van der Waals surface area contributed by atoms with E-state index in [1.54, 1.807) is 0 Å². The zero-order chi connectivity index (χ0) is 10.6. The molecule has 0 radical (unpaired) electrons. The predicted molar refractivity (Wildman–Crippen MR) is 58.4 cm³/mol. The fourth-order valence-corrected chi connectivity index (χ4v) is 0.940. The SMILES string of the molecule is CC(C)CNCCOCCOCCN. The molecule has 0 aromatic carbocycles. The summed E-state index contributed by atoms with van der Waals surface area (Å²) in [4.78, 5) is 0. The topological polar surface area (TPSA) is 56.5 Å². The molecular weight excluding hydrogens is 180 g/mol. The monoisotopic (exact) mass is 204 g/mol. The standard InChI is InChI=1S/C10H24N2O2/c1-10(2)9-12-4-6-14-8-7-13-5-3-11/h10,12H,3-9,11H2,1-2H3. The fraction of sp³-hybridized carbons (Fsp3) is 1.00. The van der Waals surface area contributed by atoms with E-state index < -0.39 is 0 Å². The minimum Gasteiger partial charge on any atom is -0.378 e. The Labute approximate surface area is 87.1 Å². The first-order valence-corrected chi connectivity index (χ1v) is 5.33. The van der Waals surface area contributed by atoms with Gasteiger partial charge in [0, 0.05) is 13.1 Å². The average Bonchev–Trinajstić information content (AvgIpc) is 2.15. The minimum absolute atomic E-state index is 0.579. The minimum atomic E-state index is 0.579. The molecule has 0 aliphatic carbocycles. The Morgan fingerprint density at radius 2 is 1.71 bits per heavy atom. The second-order valence-electron chi connectivity index (χ2n) is 3.61. The first kappa shape index (κ1) is 13.8. The Morgan fingerprint density at radius 3 is 2.29 bits per heavy atom. The molecule has 0 fully saturated rings. The second-order valence-corrected chi connectivity index (χ2v) is 3.61. The van der Waals surface area contributed by atoms with E-state index >= 15 is 0 Å². The van der Waals surface area contributed by atoms with Crippen molar-refractivity contribution >= 4 is 0 Å². The molecule has 3 N–H and O–H groups in total. The Bertz CT molecular complexity index is 110. The van der Waals surface area contributed by atoms with E-state index in [-0.39, 0.29) is 0 Å². The summed E-state index contributed by atoms with van der Waals surface area (Å²) >= 11 is 0. The van der Waals surface area contributed by atoms with Crippen LogP contribution < -0.4 is 11.1 Å². The van der Waals surface area contributed by atoms with Crippen LogP contribution in [-0.4, -0.2) is 46.1 Å². The summed E-state index contributed by atoms with van der Waals surface area (Å²) in [5.74, 6) is 0.697. The number of hydrogen-bond acceptors (Lipinski definition) is 4. The van der Waals surface area contributed by atoms with E-state index in [9.17, 15) is 0 Å². The molecule has 0 bridgehead atoms. The van der Waals surface area contributed by atoms with Crippen molar-refractivity contribution in [2.75, 3.05) is 46.1 Å². The lowest BCUT2D eigenvalue weighted by molar-refractivity contribution is 0.0517. The molecule has 14 heavy (non-hydrogen) atoms. The van der Waals surface area contributed by atoms with Crippen LogP contribution in [0.3, 0.4) is 0 Å². The zero-order valence-electron chi connectivity index (χ0n) is 9.42. The van der Waals surface area contributed by atoms with Gasteiger partial charge in [0.15, 0.2) is 0 Å². The lowest BCUT2D eigenvalue weighted by atomic mass is 10.2. The summed E-state index contributed by atoms with van der Waals surface area (Å²) < 4.78 is 10.5. The summed E-state index contributed by atoms with van der Waals surface area (Å²) in [6.07, 6.45) is 0. The maximum atomic E-state index is 5.33. The first-order valence-electron chi connectivity index (χ1n) is 5.33. The van der Waals surface area contributed by atoms with Crippen LogP contribution in [0, 0.1) is 5.92 Å². The van der Waals surface area contributed by atoms with Crippen molar-refractivity contribution in [1.29, 1.82) is 0 Å². The van der Waals surface area contributed by atoms with Crippen LogP contribution in [-0.2, 0) is 9.47 Å². The number of hydrogen-bond donors (Lipinski definition) is 2. The van der Waals surface area contributed by atoms with Gasteiger partial charge in [0.05, 0.1) is 26.4 Å². The van der Waals surface area contributed by atoms with Gasteiger partial charge in [-0.1, -0.05) is 13.8 Å². The van der Waals surface area contributed by atoms with E-state index in [4.69, 9.17) is 15.2 Å². The van der Waals surface area contributed by atoms with Crippen molar-refractivity contribution in [1.82, 2.24) is 5.32 Å². The van der Waals surface area contributed by atoms with Gasteiger partial charge in [0.25, 0.3) is 0 Å². The molecule has 0 aromatic rings. The van der Waals surface area contributed by atoms with Gasteiger partial charge >= 0.3 is 0 Å².